The average molecular weight is 205 g/mol. The first-order valence-electron chi connectivity index (χ1n) is 4.60. The van der Waals surface area contributed by atoms with Crippen LogP contribution in [0.5, 0.6) is 0 Å². The summed E-state index contributed by atoms with van der Waals surface area (Å²) in [5.74, 6) is 0.567. The minimum absolute atomic E-state index is 0.0301. The van der Waals surface area contributed by atoms with Crippen LogP contribution in [-0.2, 0) is 14.9 Å². The van der Waals surface area contributed by atoms with Crippen LogP contribution in [0.4, 0.5) is 0 Å². The zero-order chi connectivity index (χ0) is 9.47. The molecule has 0 aromatic heterocycles. The first kappa shape index (κ1) is 9.43. The Bertz CT molecular complexity index is 285. The van der Waals surface area contributed by atoms with Gasteiger partial charge in [-0.3, -0.25) is 0 Å². The number of hydrogen-bond acceptors (Lipinski definition) is 4. The Balaban J connectivity index is 1.84. The van der Waals surface area contributed by atoms with Crippen molar-refractivity contribution >= 4 is 10.1 Å². The first-order valence-corrected chi connectivity index (χ1v) is 6.17. The van der Waals surface area contributed by atoms with Crippen molar-refractivity contribution in [3.8, 4) is 0 Å². The summed E-state index contributed by atoms with van der Waals surface area (Å²) in [6.07, 6.45) is 4.51. The highest BCUT2D eigenvalue weighted by Gasteiger charge is 2.40. The lowest BCUT2D eigenvalue weighted by molar-refractivity contribution is 0.0408. The highest BCUT2D eigenvalue weighted by atomic mass is 32.2. The second-order valence-electron chi connectivity index (χ2n) is 4.06. The van der Waals surface area contributed by atoms with E-state index in [4.69, 9.17) is 4.74 Å². The Morgan fingerprint density at radius 1 is 1.31 bits per heavy atom. The zero-order valence-electron chi connectivity index (χ0n) is 7.31. The Kier molecular flexibility index (Phi) is 2.33. The van der Waals surface area contributed by atoms with E-state index in [0.717, 1.165) is 19.3 Å². The molecule has 0 saturated heterocycles. The van der Waals surface area contributed by atoms with Gasteiger partial charge < -0.3 is 9.29 Å². The Morgan fingerprint density at radius 2 is 2.08 bits per heavy atom. The summed E-state index contributed by atoms with van der Waals surface area (Å²) in [4.78, 5) is 0. The number of ether oxygens (including phenoxy) is 1. The van der Waals surface area contributed by atoms with Gasteiger partial charge in [-0.25, -0.2) is 8.42 Å². The second-order valence-corrected chi connectivity index (χ2v) is 5.41. The van der Waals surface area contributed by atoms with Crippen LogP contribution in [0, 0.1) is 11.8 Å². The zero-order valence-corrected chi connectivity index (χ0v) is 8.13. The minimum atomic E-state index is -4.20. The van der Waals surface area contributed by atoms with Gasteiger partial charge >= 0.3 is 0 Å². The standard InChI is InChI=1S/C8H14O4S/c9-13(10,11)5-12-8-4-6-1-2-7(8)3-6/h6-8H,1-5H2,(H,9,10,11)/p-1. The number of hydrogen-bond donors (Lipinski definition) is 0. The predicted octanol–water partition coefficient (Wildman–Crippen LogP) is 0.694. The maximum Gasteiger partial charge on any atom is 0.137 e. The van der Waals surface area contributed by atoms with Gasteiger partial charge in [0.1, 0.15) is 16.1 Å². The van der Waals surface area contributed by atoms with Crippen molar-refractivity contribution in [2.24, 2.45) is 11.8 Å². The molecule has 2 aliphatic rings. The quantitative estimate of drug-likeness (QED) is 0.636. The summed E-state index contributed by atoms with van der Waals surface area (Å²) in [5, 5.41) is 0. The first-order chi connectivity index (χ1) is 6.04. The summed E-state index contributed by atoms with van der Waals surface area (Å²) >= 11 is 0. The van der Waals surface area contributed by atoms with Crippen molar-refractivity contribution in [3.05, 3.63) is 0 Å². The molecule has 0 aromatic carbocycles. The fourth-order valence-corrected chi connectivity index (χ4v) is 2.90. The molecule has 0 aromatic rings. The van der Waals surface area contributed by atoms with E-state index in [1.165, 1.54) is 6.42 Å². The minimum Gasteiger partial charge on any atom is -0.746 e. The molecule has 2 rings (SSSR count). The summed E-state index contributed by atoms with van der Waals surface area (Å²) in [6.45, 7) is 0. The van der Waals surface area contributed by atoms with Crippen LogP contribution in [-0.4, -0.2) is 25.0 Å². The molecule has 0 spiro atoms. The Labute approximate surface area is 78.0 Å². The van der Waals surface area contributed by atoms with Crippen LogP contribution in [0.15, 0.2) is 0 Å². The highest BCUT2D eigenvalue weighted by molar-refractivity contribution is 7.85. The maximum absolute atomic E-state index is 10.3. The van der Waals surface area contributed by atoms with Crippen molar-refractivity contribution in [1.29, 1.82) is 0 Å². The van der Waals surface area contributed by atoms with Crippen molar-refractivity contribution in [2.75, 3.05) is 5.94 Å². The van der Waals surface area contributed by atoms with E-state index in [0.29, 0.717) is 11.8 Å². The molecule has 2 fully saturated rings. The van der Waals surface area contributed by atoms with Crippen molar-refractivity contribution in [1.82, 2.24) is 0 Å². The number of rotatable bonds is 3. The van der Waals surface area contributed by atoms with Crippen LogP contribution < -0.4 is 0 Å². The lowest BCUT2D eigenvalue weighted by atomic mass is 9.98. The normalized spacial score (nSPS) is 38.4. The SMILES string of the molecule is O=S(=O)([O-])COC1CC2CCC1C2. The van der Waals surface area contributed by atoms with E-state index in [1.54, 1.807) is 0 Å². The molecule has 13 heavy (non-hydrogen) atoms. The van der Waals surface area contributed by atoms with Gasteiger partial charge in [-0.05, 0) is 37.5 Å². The van der Waals surface area contributed by atoms with E-state index in [1.807, 2.05) is 0 Å². The van der Waals surface area contributed by atoms with E-state index in [-0.39, 0.29) is 6.10 Å². The summed E-state index contributed by atoms with van der Waals surface area (Å²) in [7, 11) is -4.20. The van der Waals surface area contributed by atoms with Crippen LogP contribution in [0.25, 0.3) is 0 Å². The highest BCUT2D eigenvalue weighted by Crippen LogP contribution is 2.45. The van der Waals surface area contributed by atoms with E-state index in [2.05, 4.69) is 0 Å². The van der Waals surface area contributed by atoms with Gasteiger partial charge in [-0.15, -0.1) is 0 Å². The molecular weight excluding hydrogens is 192 g/mol. The predicted molar refractivity (Wildman–Crippen MR) is 44.9 cm³/mol. The summed E-state index contributed by atoms with van der Waals surface area (Å²) < 4.78 is 36.0. The monoisotopic (exact) mass is 205 g/mol. The maximum atomic E-state index is 10.3. The lowest BCUT2D eigenvalue weighted by Crippen LogP contribution is -2.23. The van der Waals surface area contributed by atoms with Crippen LogP contribution in [0.3, 0.4) is 0 Å². The third-order valence-electron chi connectivity index (χ3n) is 3.10. The third-order valence-corrected chi connectivity index (χ3v) is 3.52. The van der Waals surface area contributed by atoms with E-state index < -0.39 is 16.1 Å². The van der Waals surface area contributed by atoms with Gasteiger partial charge in [-0.1, -0.05) is 0 Å². The van der Waals surface area contributed by atoms with Gasteiger partial charge in [0.05, 0.1) is 6.10 Å². The molecule has 2 saturated carbocycles. The molecule has 4 nitrogen and oxygen atoms in total. The Hall–Kier alpha value is -0.130. The van der Waals surface area contributed by atoms with Crippen LogP contribution in [0.2, 0.25) is 0 Å². The molecule has 0 N–H and O–H groups in total. The van der Waals surface area contributed by atoms with Crippen molar-refractivity contribution < 1.29 is 17.7 Å². The van der Waals surface area contributed by atoms with Crippen molar-refractivity contribution in [2.45, 2.75) is 31.8 Å². The van der Waals surface area contributed by atoms with Gasteiger partial charge in [0.15, 0.2) is 0 Å². The van der Waals surface area contributed by atoms with Gasteiger partial charge in [0, 0.05) is 0 Å². The Morgan fingerprint density at radius 3 is 2.54 bits per heavy atom. The number of fused-ring (bicyclic) bond motifs is 2. The molecule has 0 heterocycles. The molecule has 76 valence electrons. The fraction of sp³-hybridized carbons (Fsp3) is 1.00. The van der Waals surface area contributed by atoms with Crippen LogP contribution >= 0.6 is 0 Å². The molecule has 3 unspecified atom stereocenters. The smallest absolute Gasteiger partial charge is 0.137 e. The topological polar surface area (TPSA) is 66.4 Å². The van der Waals surface area contributed by atoms with E-state index >= 15 is 0 Å². The summed E-state index contributed by atoms with van der Waals surface area (Å²) in [6, 6.07) is 0. The largest absolute Gasteiger partial charge is 0.746 e. The third kappa shape index (κ3) is 2.21. The van der Waals surface area contributed by atoms with Crippen molar-refractivity contribution in [3.63, 3.8) is 0 Å². The van der Waals surface area contributed by atoms with Crippen LogP contribution in [0.1, 0.15) is 25.7 Å². The molecule has 5 heteroatoms. The molecule has 3 atom stereocenters. The lowest BCUT2D eigenvalue weighted by Gasteiger charge is -2.22. The summed E-state index contributed by atoms with van der Waals surface area (Å²) in [5.41, 5.74) is 0. The average Bonchev–Trinajstić information content (AvgIpc) is 2.58. The fourth-order valence-electron chi connectivity index (χ4n) is 2.56. The second kappa shape index (κ2) is 3.22. The molecular formula is C8H13O4S-. The molecule has 2 aliphatic carbocycles. The van der Waals surface area contributed by atoms with Gasteiger partial charge in [0.2, 0.25) is 0 Å². The molecule has 0 amide bonds. The van der Waals surface area contributed by atoms with E-state index in [9.17, 15) is 13.0 Å². The molecule has 0 radical (unpaired) electrons. The van der Waals surface area contributed by atoms with Gasteiger partial charge in [0.25, 0.3) is 0 Å². The molecule has 0 aliphatic heterocycles. The molecule has 2 bridgehead atoms. The van der Waals surface area contributed by atoms with Gasteiger partial charge in [-0.2, -0.15) is 0 Å².